The van der Waals surface area contributed by atoms with Crippen LogP contribution >= 0.6 is 0 Å². The first-order valence-electron chi connectivity index (χ1n) is 8.22. The summed E-state index contributed by atoms with van der Waals surface area (Å²) in [5, 5.41) is 9.44. The summed E-state index contributed by atoms with van der Waals surface area (Å²) in [5.41, 5.74) is 4.91. The van der Waals surface area contributed by atoms with E-state index in [2.05, 4.69) is 0 Å². The van der Waals surface area contributed by atoms with Gasteiger partial charge < -0.3 is 15.7 Å². The number of piperidine rings is 1. The Labute approximate surface area is 126 Å². The number of nitrogens with zero attached hydrogens (tertiary/aromatic N) is 1. The lowest BCUT2D eigenvalue weighted by Gasteiger charge is -2.44. The maximum atomic E-state index is 12.9. The highest BCUT2D eigenvalue weighted by Crippen LogP contribution is 2.40. The monoisotopic (exact) mass is 296 g/mol. The highest BCUT2D eigenvalue weighted by atomic mass is 16.4. The molecule has 0 unspecified atom stereocenters. The molecule has 120 valence electrons. The van der Waals surface area contributed by atoms with Gasteiger partial charge in [0.1, 0.15) is 0 Å². The van der Waals surface area contributed by atoms with E-state index < -0.39 is 11.4 Å². The van der Waals surface area contributed by atoms with E-state index >= 15 is 0 Å². The Bertz CT molecular complexity index is 394. The van der Waals surface area contributed by atoms with E-state index in [9.17, 15) is 14.7 Å². The number of amides is 1. The molecule has 1 amide bonds. The summed E-state index contributed by atoms with van der Waals surface area (Å²) >= 11 is 0. The normalized spacial score (nSPS) is 24.6. The minimum absolute atomic E-state index is 0.166. The Kier molecular flexibility index (Phi) is 4.91. The summed E-state index contributed by atoms with van der Waals surface area (Å²) in [5.74, 6) is -0.553. The first-order valence-corrected chi connectivity index (χ1v) is 8.22. The van der Waals surface area contributed by atoms with Crippen molar-refractivity contribution in [3.8, 4) is 0 Å². The molecule has 2 fully saturated rings. The van der Waals surface area contributed by atoms with Crippen molar-refractivity contribution in [1.29, 1.82) is 0 Å². The molecular weight excluding hydrogens is 268 g/mol. The third-order valence-corrected chi connectivity index (χ3v) is 5.79. The van der Waals surface area contributed by atoms with Crippen LogP contribution < -0.4 is 5.73 Å². The predicted octanol–water partition coefficient (Wildman–Crippen LogP) is 2.00. The summed E-state index contributed by atoms with van der Waals surface area (Å²) in [7, 11) is 0. The van der Waals surface area contributed by atoms with Crippen molar-refractivity contribution >= 4 is 11.9 Å². The number of nitrogens with two attached hydrogens (primary N) is 1. The molecule has 0 radical (unpaired) electrons. The van der Waals surface area contributed by atoms with E-state index in [4.69, 9.17) is 5.73 Å². The molecule has 0 aromatic heterocycles. The minimum atomic E-state index is -0.719. The Balaban J connectivity index is 2.04. The number of likely N-dealkylation sites (tertiary alicyclic amines) is 1. The molecule has 0 aromatic rings. The third kappa shape index (κ3) is 2.93. The standard InChI is InChI=1S/C16H28N2O3/c1-2-15(14(20)21)8-10-18(11-9-15)13(19)16(12-17)6-4-3-5-7-16/h2-12,17H2,1H3,(H,20,21). The highest BCUT2D eigenvalue weighted by molar-refractivity contribution is 5.84. The van der Waals surface area contributed by atoms with Crippen molar-refractivity contribution in [2.24, 2.45) is 16.6 Å². The van der Waals surface area contributed by atoms with E-state index in [1.165, 1.54) is 6.42 Å². The quantitative estimate of drug-likeness (QED) is 0.831. The second-order valence-corrected chi connectivity index (χ2v) is 6.78. The molecule has 1 heterocycles. The summed E-state index contributed by atoms with van der Waals surface area (Å²) in [6, 6.07) is 0. The maximum Gasteiger partial charge on any atom is 0.309 e. The van der Waals surface area contributed by atoms with Gasteiger partial charge in [-0.15, -0.1) is 0 Å². The topological polar surface area (TPSA) is 83.6 Å². The molecule has 1 aliphatic heterocycles. The van der Waals surface area contributed by atoms with Gasteiger partial charge in [0.25, 0.3) is 0 Å². The Morgan fingerprint density at radius 2 is 1.62 bits per heavy atom. The predicted molar refractivity (Wildman–Crippen MR) is 80.7 cm³/mol. The van der Waals surface area contributed by atoms with Crippen LogP contribution in [0, 0.1) is 10.8 Å². The number of carbonyl (C=O) groups excluding carboxylic acids is 1. The smallest absolute Gasteiger partial charge is 0.309 e. The largest absolute Gasteiger partial charge is 0.481 e. The average molecular weight is 296 g/mol. The van der Waals surface area contributed by atoms with E-state index in [0.29, 0.717) is 38.9 Å². The molecule has 5 nitrogen and oxygen atoms in total. The van der Waals surface area contributed by atoms with Crippen molar-refractivity contribution in [2.75, 3.05) is 19.6 Å². The third-order valence-electron chi connectivity index (χ3n) is 5.79. The molecule has 3 N–H and O–H groups in total. The summed E-state index contributed by atoms with van der Waals surface area (Å²) < 4.78 is 0. The van der Waals surface area contributed by atoms with Crippen molar-refractivity contribution in [3.05, 3.63) is 0 Å². The maximum absolute atomic E-state index is 12.9. The van der Waals surface area contributed by atoms with Crippen LogP contribution in [0.5, 0.6) is 0 Å². The molecule has 0 aromatic carbocycles. The lowest BCUT2D eigenvalue weighted by molar-refractivity contribution is -0.157. The summed E-state index contributed by atoms with van der Waals surface area (Å²) in [6.07, 6.45) is 6.86. The van der Waals surface area contributed by atoms with Crippen LogP contribution in [-0.2, 0) is 9.59 Å². The van der Waals surface area contributed by atoms with Crippen molar-refractivity contribution in [2.45, 2.75) is 58.3 Å². The molecule has 1 saturated carbocycles. The zero-order valence-electron chi connectivity index (χ0n) is 13.1. The zero-order valence-corrected chi connectivity index (χ0v) is 13.1. The van der Waals surface area contributed by atoms with Crippen molar-refractivity contribution < 1.29 is 14.7 Å². The summed E-state index contributed by atoms with van der Waals surface area (Å²) in [6.45, 7) is 3.45. The van der Waals surface area contributed by atoms with Crippen LogP contribution in [0.3, 0.4) is 0 Å². The lowest BCUT2D eigenvalue weighted by Crippen LogP contribution is -2.53. The first-order chi connectivity index (χ1) is 9.99. The number of carbonyl (C=O) groups is 2. The first kappa shape index (κ1) is 16.3. The van der Waals surface area contributed by atoms with Gasteiger partial charge in [0.15, 0.2) is 0 Å². The summed E-state index contributed by atoms with van der Waals surface area (Å²) in [4.78, 5) is 26.2. The molecule has 2 aliphatic rings. The number of rotatable bonds is 4. The van der Waals surface area contributed by atoms with Gasteiger partial charge in [-0.3, -0.25) is 9.59 Å². The fourth-order valence-electron chi connectivity index (χ4n) is 3.93. The molecule has 21 heavy (non-hydrogen) atoms. The second kappa shape index (κ2) is 6.34. The molecule has 0 spiro atoms. The van der Waals surface area contributed by atoms with Crippen LogP contribution in [0.1, 0.15) is 58.3 Å². The van der Waals surface area contributed by atoms with Crippen LogP contribution in [-0.4, -0.2) is 41.5 Å². The molecule has 1 saturated heterocycles. The minimum Gasteiger partial charge on any atom is -0.481 e. The van der Waals surface area contributed by atoms with Crippen molar-refractivity contribution in [1.82, 2.24) is 4.90 Å². The van der Waals surface area contributed by atoms with Crippen LogP contribution in [0.15, 0.2) is 0 Å². The highest BCUT2D eigenvalue weighted by Gasteiger charge is 2.45. The van der Waals surface area contributed by atoms with Gasteiger partial charge in [-0.2, -0.15) is 0 Å². The number of carboxylic acids is 1. The Morgan fingerprint density at radius 3 is 2.05 bits per heavy atom. The van der Waals surface area contributed by atoms with Crippen LogP contribution in [0.4, 0.5) is 0 Å². The fraction of sp³-hybridized carbons (Fsp3) is 0.875. The zero-order chi connectivity index (χ0) is 15.5. The van der Waals surface area contributed by atoms with E-state index in [0.717, 1.165) is 25.7 Å². The van der Waals surface area contributed by atoms with Crippen LogP contribution in [0.2, 0.25) is 0 Å². The van der Waals surface area contributed by atoms with E-state index in [1.807, 2.05) is 11.8 Å². The molecule has 2 rings (SSSR count). The number of hydrogen-bond acceptors (Lipinski definition) is 3. The van der Waals surface area contributed by atoms with Gasteiger partial charge >= 0.3 is 5.97 Å². The fourth-order valence-corrected chi connectivity index (χ4v) is 3.93. The molecular formula is C16H28N2O3. The molecule has 5 heteroatoms. The molecule has 0 atom stereocenters. The van der Waals surface area contributed by atoms with Gasteiger partial charge in [-0.25, -0.2) is 0 Å². The second-order valence-electron chi connectivity index (χ2n) is 6.78. The average Bonchev–Trinajstić information content (AvgIpc) is 2.54. The molecule has 1 aliphatic carbocycles. The van der Waals surface area contributed by atoms with Gasteiger partial charge in [0.2, 0.25) is 5.91 Å². The van der Waals surface area contributed by atoms with E-state index in [-0.39, 0.29) is 11.3 Å². The van der Waals surface area contributed by atoms with Gasteiger partial charge in [0.05, 0.1) is 10.8 Å². The van der Waals surface area contributed by atoms with E-state index in [1.54, 1.807) is 0 Å². The number of aliphatic carboxylic acids is 1. The number of carboxylic acid groups (broad SMARTS) is 1. The SMILES string of the molecule is CCC1(C(=O)O)CCN(C(=O)C2(CN)CCCCC2)CC1. The molecule has 0 bridgehead atoms. The van der Waals surface area contributed by atoms with Crippen LogP contribution in [0.25, 0.3) is 0 Å². The Hall–Kier alpha value is -1.10. The Morgan fingerprint density at radius 1 is 1.05 bits per heavy atom. The van der Waals surface area contributed by atoms with Gasteiger partial charge in [0, 0.05) is 19.6 Å². The number of hydrogen-bond donors (Lipinski definition) is 2. The lowest BCUT2D eigenvalue weighted by atomic mass is 9.71. The van der Waals surface area contributed by atoms with Gasteiger partial charge in [-0.05, 0) is 32.1 Å². The van der Waals surface area contributed by atoms with Crippen molar-refractivity contribution in [3.63, 3.8) is 0 Å². The van der Waals surface area contributed by atoms with Gasteiger partial charge in [-0.1, -0.05) is 26.2 Å².